The molecule has 7 heteroatoms. The summed E-state index contributed by atoms with van der Waals surface area (Å²) in [6.45, 7) is 9.79. The lowest BCUT2D eigenvalue weighted by Gasteiger charge is -2.19. The summed E-state index contributed by atoms with van der Waals surface area (Å²) >= 11 is 3.50. The number of amides is 1. The second-order valence-corrected chi connectivity index (χ2v) is 9.64. The minimum Gasteiger partial charge on any atom is -0.489 e. The first-order valence-corrected chi connectivity index (χ1v) is 11.3. The maximum absolute atomic E-state index is 13.0. The zero-order valence-corrected chi connectivity index (χ0v) is 20.6. The Kier molecular flexibility index (Phi) is 5.93. The predicted molar refractivity (Wildman–Crippen MR) is 132 cm³/mol. The lowest BCUT2D eigenvalue weighted by Crippen LogP contribution is -2.26. The van der Waals surface area contributed by atoms with E-state index in [9.17, 15) is 9.59 Å². The van der Waals surface area contributed by atoms with E-state index in [0.29, 0.717) is 39.2 Å². The van der Waals surface area contributed by atoms with Gasteiger partial charge >= 0.3 is 6.09 Å². The summed E-state index contributed by atoms with van der Waals surface area (Å²) < 4.78 is 13.6. The van der Waals surface area contributed by atoms with Gasteiger partial charge in [0.15, 0.2) is 0 Å². The maximum atomic E-state index is 13.0. The van der Waals surface area contributed by atoms with Crippen LogP contribution in [-0.4, -0.2) is 34.1 Å². The molecule has 0 aliphatic carbocycles. The van der Waals surface area contributed by atoms with E-state index in [1.54, 1.807) is 19.3 Å². The van der Waals surface area contributed by atoms with E-state index in [0.717, 1.165) is 10.9 Å². The third-order valence-corrected chi connectivity index (χ3v) is 6.14. The van der Waals surface area contributed by atoms with Crippen molar-refractivity contribution in [2.24, 2.45) is 0 Å². The fourth-order valence-corrected chi connectivity index (χ4v) is 4.26. The Morgan fingerprint density at radius 1 is 1.12 bits per heavy atom. The second kappa shape index (κ2) is 8.56. The van der Waals surface area contributed by atoms with Crippen molar-refractivity contribution in [3.8, 4) is 5.75 Å². The molecular formula is C26H25BrN2O4. The molecule has 1 aliphatic heterocycles. The molecule has 33 heavy (non-hydrogen) atoms. The normalized spacial score (nSPS) is 14.4. The molecule has 1 amide bonds. The van der Waals surface area contributed by atoms with E-state index < -0.39 is 11.7 Å². The van der Waals surface area contributed by atoms with Crippen molar-refractivity contribution in [2.75, 3.05) is 7.05 Å². The summed E-state index contributed by atoms with van der Waals surface area (Å²) in [6, 6.07) is 15.3. The van der Waals surface area contributed by atoms with Crippen molar-refractivity contribution in [1.29, 1.82) is 0 Å². The van der Waals surface area contributed by atoms with Crippen LogP contribution < -0.4 is 4.74 Å². The van der Waals surface area contributed by atoms with Gasteiger partial charge in [-0.2, -0.15) is 0 Å². The van der Waals surface area contributed by atoms with Gasteiger partial charge in [0.2, 0.25) is 0 Å². The summed E-state index contributed by atoms with van der Waals surface area (Å²) in [7, 11) is 1.67. The van der Waals surface area contributed by atoms with Crippen LogP contribution in [-0.2, 0) is 16.1 Å². The van der Waals surface area contributed by atoms with Crippen molar-refractivity contribution >= 4 is 44.4 Å². The topological polar surface area (TPSA) is 60.8 Å². The average molecular weight is 509 g/mol. The van der Waals surface area contributed by atoms with E-state index in [2.05, 4.69) is 22.5 Å². The summed E-state index contributed by atoms with van der Waals surface area (Å²) in [5.41, 5.74) is 2.59. The van der Waals surface area contributed by atoms with Gasteiger partial charge in [-0.1, -0.05) is 36.9 Å². The minimum absolute atomic E-state index is 0.195. The third kappa shape index (κ3) is 4.46. The number of nitrogens with zero attached hydrogens (tertiary/aromatic N) is 2. The van der Waals surface area contributed by atoms with Crippen molar-refractivity contribution in [3.05, 3.63) is 82.6 Å². The Balaban J connectivity index is 1.80. The highest BCUT2D eigenvalue weighted by molar-refractivity contribution is 9.12. The van der Waals surface area contributed by atoms with E-state index in [-0.39, 0.29) is 5.91 Å². The minimum atomic E-state index is -0.674. The van der Waals surface area contributed by atoms with Gasteiger partial charge in [-0.3, -0.25) is 9.36 Å². The molecule has 0 atom stereocenters. The largest absolute Gasteiger partial charge is 0.489 e. The number of carbonyl (C=O) groups excluding carboxylic acids is 2. The number of hydrogen-bond donors (Lipinski definition) is 0. The molecule has 0 radical (unpaired) electrons. The Morgan fingerprint density at radius 3 is 2.42 bits per heavy atom. The van der Waals surface area contributed by atoms with Gasteiger partial charge < -0.3 is 14.4 Å². The van der Waals surface area contributed by atoms with Crippen LogP contribution in [0.5, 0.6) is 5.75 Å². The molecule has 1 aliphatic rings. The maximum Gasteiger partial charge on any atom is 0.419 e. The monoisotopic (exact) mass is 508 g/mol. The number of benzene rings is 2. The van der Waals surface area contributed by atoms with Crippen LogP contribution in [0.2, 0.25) is 0 Å². The molecule has 0 saturated carbocycles. The van der Waals surface area contributed by atoms with Crippen LogP contribution in [0.15, 0.2) is 71.5 Å². The number of likely N-dealkylation sites (N-methyl/N-ethyl adjacent to an activating group) is 1. The smallest absolute Gasteiger partial charge is 0.419 e. The fraction of sp³-hybridized carbons (Fsp3) is 0.231. The molecule has 2 aromatic carbocycles. The Labute approximate surface area is 201 Å². The van der Waals surface area contributed by atoms with Crippen LogP contribution in [0.3, 0.4) is 0 Å². The van der Waals surface area contributed by atoms with Gasteiger partial charge in [0.05, 0.1) is 21.3 Å². The van der Waals surface area contributed by atoms with Crippen molar-refractivity contribution < 1.29 is 19.1 Å². The SMILES string of the molecule is C=C1C(Br)=C(c2cn(C(=O)OC(C)(C)C)c3cc(OCc4ccccc4)ccc23)C(=O)N1C. The first kappa shape index (κ1) is 22.9. The lowest BCUT2D eigenvalue weighted by molar-refractivity contribution is -0.121. The van der Waals surface area contributed by atoms with Crippen LogP contribution >= 0.6 is 15.9 Å². The van der Waals surface area contributed by atoms with Crippen molar-refractivity contribution in [3.63, 3.8) is 0 Å². The molecule has 2 heterocycles. The highest BCUT2D eigenvalue weighted by Crippen LogP contribution is 2.41. The van der Waals surface area contributed by atoms with Gasteiger partial charge in [-0.25, -0.2) is 4.79 Å². The summed E-state index contributed by atoms with van der Waals surface area (Å²) in [6.07, 6.45) is 1.11. The number of ether oxygens (including phenoxy) is 2. The molecule has 0 unspecified atom stereocenters. The number of rotatable bonds is 4. The Hall–Kier alpha value is -3.32. The molecule has 4 rings (SSSR count). The van der Waals surface area contributed by atoms with Gasteiger partial charge in [0.1, 0.15) is 18.0 Å². The standard InChI is InChI=1S/C26H25BrN2O4/c1-16-23(27)22(24(30)28(16)5)20-14-29(25(31)33-26(2,3)4)21-13-18(11-12-19(20)21)32-15-17-9-7-6-8-10-17/h6-14H,1,15H2,2-5H3. The number of fused-ring (bicyclic) bond motifs is 1. The molecule has 0 N–H and O–H groups in total. The molecule has 170 valence electrons. The predicted octanol–water partition coefficient (Wildman–Crippen LogP) is 6.10. The quantitative estimate of drug-likeness (QED) is 0.427. The van der Waals surface area contributed by atoms with Gasteiger partial charge in [-0.05, 0) is 54.4 Å². The third-order valence-electron chi connectivity index (χ3n) is 5.28. The number of allylic oxidation sites excluding steroid dienone is 1. The van der Waals surface area contributed by atoms with E-state index in [1.165, 1.54) is 9.47 Å². The number of halogens is 1. The molecule has 0 fully saturated rings. The van der Waals surface area contributed by atoms with Crippen molar-refractivity contribution in [2.45, 2.75) is 33.0 Å². The second-order valence-electron chi connectivity index (χ2n) is 8.85. The summed E-state index contributed by atoms with van der Waals surface area (Å²) in [5.74, 6) is 0.410. The fourth-order valence-electron chi connectivity index (χ4n) is 3.61. The molecule has 0 saturated heterocycles. The highest BCUT2D eigenvalue weighted by Gasteiger charge is 2.33. The van der Waals surface area contributed by atoms with Crippen LogP contribution in [0.1, 0.15) is 31.9 Å². The van der Waals surface area contributed by atoms with Gasteiger partial charge in [0.25, 0.3) is 5.91 Å². The van der Waals surface area contributed by atoms with Crippen LogP contribution in [0, 0.1) is 0 Å². The molecule has 6 nitrogen and oxygen atoms in total. The molecule has 3 aromatic rings. The number of carbonyl (C=O) groups is 2. The van der Waals surface area contributed by atoms with E-state index >= 15 is 0 Å². The number of aromatic nitrogens is 1. The Bertz CT molecular complexity index is 1300. The lowest BCUT2D eigenvalue weighted by atomic mass is 10.1. The van der Waals surface area contributed by atoms with E-state index in [1.807, 2.05) is 63.2 Å². The first-order chi connectivity index (χ1) is 15.6. The van der Waals surface area contributed by atoms with Gasteiger partial charge in [-0.15, -0.1) is 0 Å². The van der Waals surface area contributed by atoms with Gasteiger partial charge in [0, 0.05) is 30.3 Å². The molecule has 0 spiro atoms. The molecule has 0 bridgehead atoms. The first-order valence-electron chi connectivity index (χ1n) is 10.5. The van der Waals surface area contributed by atoms with E-state index in [4.69, 9.17) is 9.47 Å². The summed E-state index contributed by atoms with van der Waals surface area (Å²) in [4.78, 5) is 27.5. The highest BCUT2D eigenvalue weighted by atomic mass is 79.9. The van der Waals surface area contributed by atoms with Crippen LogP contribution in [0.25, 0.3) is 16.5 Å². The molecular weight excluding hydrogens is 484 g/mol. The Morgan fingerprint density at radius 2 is 1.82 bits per heavy atom. The zero-order chi connectivity index (χ0) is 23.9. The zero-order valence-electron chi connectivity index (χ0n) is 19.0. The average Bonchev–Trinajstić information content (AvgIpc) is 3.22. The van der Waals surface area contributed by atoms with Crippen LogP contribution in [0.4, 0.5) is 4.79 Å². The number of hydrogen-bond acceptors (Lipinski definition) is 4. The summed E-state index contributed by atoms with van der Waals surface area (Å²) in [5, 5.41) is 0.733. The molecule has 1 aromatic heterocycles. The van der Waals surface area contributed by atoms with Crippen molar-refractivity contribution in [1.82, 2.24) is 9.47 Å².